The number of thiophene rings is 2. The molecule has 10 heteroatoms. The van der Waals surface area contributed by atoms with Crippen molar-refractivity contribution in [2.45, 2.75) is 65.2 Å². The zero-order valence-electron chi connectivity index (χ0n) is 18.2. The van der Waals surface area contributed by atoms with Crippen molar-refractivity contribution in [2.75, 3.05) is 0 Å². The zero-order valence-corrected chi connectivity index (χ0v) is 23.1. The average Bonchev–Trinajstić information content (AvgIpc) is 3.31. The normalized spacial score (nSPS) is 11.5. The maximum Gasteiger partial charge on any atom is 0.240 e. The number of unbranched alkanes of at least 4 members (excludes halogenated alkanes) is 3. The van der Waals surface area contributed by atoms with Gasteiger partial charge in [0.15, 0.2) is 0 Å². The van der Waals surface area contributed by atoms with Gasteiger partial charge in [0.25, 0.3) is 0 Å². The number of carbonyl (C=O) groups excluding carboxylic acids is 2. The fourth-order valence-electron chi connectivity index (χ4n) is 2.83. The molecule has 174 valence electrons. The number of carbonyl (C=O) groups is 2. The van der Waals surface area contributed by atoms with Crippen LogP contribution >= 0.6 is 54.5 Å². The van der Waals surface area contributed by atoms with E-state index >= 15 is 0 Å². The summed E-state index contributed by atoms with van der Waals surface area (Å²) in [6.45, 7) is 4.21. The molecule has 2 aromatic heterocycles. The number of rotatable bonds is 13. The SMILES string of the molecule is CCc1sc(/C=N/NC(=O)CCCCCCC(=O)N/N=C/c2cc(Br)c(CC)s2)cc1Br. The topological polar surface area (TPSA) is 82.9 Å². The smallest absolute Gasteiger partial charge is 0.240 e. The third kappa shape index (κ3) is 9.64. The molecule has 0 atom stereocenters. The van der Waals surface area contributed by atoms with E-state index in [0.29, 0.717) is 12.8 Å². The zero-order chi connectivity index (χ0) is 23.3. The molecule has 6 nitrogen and oxygen atoms in total. The number of hydrazone groups is 2. The van der Waals surface area contributed by atoms with Crippen LogP contribution in [0, 0.1) is 0 Å². The van der Waals surface area contributed by atoms with Gasteiger partial charge >= 0.3 is 0 Å². The summed E-state index contributed by atoms with van der Waals surface area (Å²) < 4.78 is 2.17. The minimum Gasteiger partial charge on any atom is -0.273 e. The van der Waals surface area contributed by atoms with Crippen molar-refractivity contribution in [3.63, 3.8) is 0 Å². The molecular weight excluding hydrogens is 576 g/mol. The Balaban J connectivity index is 1.52. The van der Waals surface area contributed by atoms with Crippen molar-refractivity contribution >= 4 is 78.8 Å². The summed E-state index contributed by atoms with van der Waals surface area (Å²) in [7, 11) is 0. The highest BCUT2D eigenvalue weighted by atomic mass is 79.9. The van der Waals surface area contributed by atoms with E-state index in [2.05, 4.69) is 66.8 Å². The summed E-state index contributed by atoms with van der Waals surface area (Å²) >= 11 is 10.3. The largest absolute Gasteiger partial charge is 0.273 e. The van der Waals surface area contributed by atoms with Crippen LogP contribution < -0.4 is 10.9 Å². The van der Waals surface area contributed by atoms with Crippen LogP contribution in [0.1, 0.15) is 71.9 Å². The maximum atomic E-state index is 11.9. The Morgan fingerprint density at radius 3 is 1.56 bits per heavy atom. The molecule has 0 aliphatic heterocycles. The van der Waals surface area contributed by atoms with E-state index in [1.165, 1.54) is 9.75 Å². The predicted octanol–water partition coefficient (Wildman–Crippen LogP) is 6.40. The molecule has 0 radical (unpaired) electrons. The standard InChI is InChI=1S/C22H28Br2N4O2S2/c1-3-19-17(23)11-15(31-19)13-25-27-21(29)9-7-5-6-8-10-22(30)28-26-14-16-12-18(24)20(4-2)32-16/h11-14H,3-10H2,1-2H3,(H,27,29)(H,28,30)/b25-13+,26-14+. The number of halogens is 2. The van der Waals surface area contributed by atoms with Crippen molar-refractivity contribution in [3.8, 4) is 0 Å². The third-order valence-corrected chi connectivity index (χ3v) is 8.88. The first-order valence-electron chi connectivity index (χ1n) is 10.6. The van der Waals surface area contributed by atoms with Crippen LogP contribution in [-0.2, 0) is 22.4 Å². The van der Waals surface area contributed by atoms with Crippen LogP contribution in [0.15, 0.2) is 31.3 Å². The highest BCUT2D eigenvalue weighted by Gasteiger charge is 2.05. The van der Waals surface area contributed by atoms with Crippen LogP contribution in [0.2, 0.25) is 0 Å². The van der Waals surface area contributed by atoms with E-state index in [4.69, 9.17) is 0 Å². The monoisotopic (exact) mass is 602 g/mol. The lowest BCUT2D eigenvalue weighted by molar-refractivity contribution is -0.122. The van der Waals surface area contributed by atoms with Gasteiger partial charge in [-0.1, -0.05) is 26.7 Å². The minimum absolute atomic E-state index is 0.0916. The van der Waals surface area contributed by atoms with Crippen molar-refractivity contribution < 1.29 is 9.59 Å². The Morgan fingerprint density at radius 1 is 0.812 bits per heavy atom. The lowest BCUT2D eigenvalue weighted by Gasteiger charge is -2.01. The highest BCUT2D eigenvalue weighted by molar-refractivity contribution is 9.10. The van der Waals surface area contributed by atoms with Crippen molar-refractivity contribution in [3.05, 3.63) is 40.6 Å². The van der Waals surface area contributed by atoms with Gasteiger partial charge in [0.05, 0.1) is 12.4 Å². The van der Waals surface area contributed by atoms with Gasteiger partial charge in [-0.15, -0.1) is 22.7 Å². The van der Waals surface area contributed by atoms with Gasteiger partial charge in [-0.2, -0.15) is 10.2 Å². The first kappa shape index (κ1) is 26.9. The molecule has 2 N–H and O–H groups in total. The molecule has 0 saturated heterocycles. The van der Waals surface area contributed by atoms with Crippen molar-refractivity contribution in [1.82, 2.24) is 10.9 Å². The van der Waals surface area contributed by atoms with E-state index in [-0.39, 0.29) is 11.8 Å². The lowest BCUT2D eigenvalue weighted by atomic mass is 10.1. The first-order valence-corrected chi connectivity index (χ1v) is 13.8. The van der Waals surface area contributed by atoms with E-state index in [9.17, 15) is 9.59 Å². The second kappa shape index (κ2) is 14.7. The third-order valence-electron chi connectivity index (χ3n) is 4.51. The molecule has 0 saturated carbocycles. The van der Waals surface area contributed by atoms with Crippen LogP contribution in [0.4, 0.5) is 0 Å². The fourth-order valence-corrected chi connectivity index (χ4v) is 6.41. The molecule has 0 aromatic carbocycles. The first-order chi connectivity index (χ1) is 15.4. The molecule has 32 heavy (non-hydrogen) atoms. The Morgan fingerprint density at radius 2 is 1.22 bits per heavy atom. The van der Waals surface area contributed by atoms with Crippen LogP contribution in [0.5, 0.6) is 0 Å². The van der Waals surface area contributed by atoms with Gasteiger partial charge in [0.1, 0.15) is 0 Å². The molecule has 0 spiro atoms. The second-order valence-electron chi connectivity index (χ2n) is 7.05. The number of nitrogens with one attached hydrogen (secondary N) is 2. The van der Waals surface area contributed by atoms with Gasteiger partial charge in [0, 0.05) is 41.3 Å². The quantitative estimate of drug-likeness (QED) is 0.158. The van der Waals surface area contributed by atoms with Crippen molar-refractivity contribution in [2.24, 2.45) is 10.2 Å². The van der Waals surface area contributed by atoms with E-state index < -0.39 is 0 Å². The molecular formula is C22H28Br2N4O2S2. The molecule has 0 unspecified atom stereocenters. The molecule has 2 aromatic rings. The van der Waals surface area contributed by atoms with Gasteiger partial charge in [-0.25, -0.2) is 10.9 Å². The lowest BCUT2D eigenvalue weighted by Crippen LogP contribution is -2.17. The number of nitrogens with zero attached hydrogens (tertiary/aromatic N) is 2. The number of hydrogen-bond donors (Lipinski definition) is 2. The molecule has 0 aliphatic rings. The minimum atomic E-state index is -0.0916. The van der Waals surface area contributed by atoms with Gasteiger partial charge < -0.3 is 0 Å². The summed E-state index contributed by atoms with van der Waals surface area (Å²) in [5, 5.41) is 8.05. The Hall–Kier alpha value is -1.36. The van der Waals surface area contributed by atoms with E-state index in [1.807, 2.05) is 12.1 Å². The summed E-state index contributed by atoms with van der Waals surface area (Å²) in [6.07, 6.45) is 9.48. The molecule has 0 aliphatic carbocycles. The summed E-state index contributed by atoms with van der Waals surface area (Å²) in [5.74, 6) is -0.183. The van der Waals surface area contributed by atoms with E-state index in [0.717, 1.165) is 57.2 Å². The molecule has 2 heterocycles. The van der Waals surface area contributed by atoms with Crippen LogP contribution in [-0.4, -0.2) is 24.2 Å². The second-order valence-corrected chi connectivity index (χ2v) is 11.1. The molecule has 2 amide bonds. The van der Waals surface area contributed by atoms with Crippen LogP contribution in [0.3, 0.4) is 0 Å². The summed E-state index contributed by atoms with van der Waals surface area (Å²) in [4.78, 5) is 28.3. The molecule has 0 bridgehead atoms. The molecule has 0 fully saturated rings. The predicted molar refractivity (Wildman–Crippen MR) is 142 cm³/mol. The number of hydrogen-bond acceptors (Lipinski definition) is 6. The van der Waals surface area contributed by atoms with Gasteiger partial charge in [-0.05, 0) is 69.7 Å². The Bertz CT molecular complexity index is 878. The van der Waals surface area contributed by atoms with Crippen LogP contribution in [0.25, 0.3) is 0 Å². The van der Waals surface area contributed by atoms with Gasteiger partial charge in [0.2, 0.25) is 11.8 Å². The average molecular weight is 604 g/mol. The summed E-state index contributed by atoms with van der Waals surface area (Å²) in [6, 6.07) is 4.01. The van der Waals surface area contributed by atoms with Gasteiger partial charge in [-0.3, -0.25) is 9.59 Å². The number of aryl methyl sites for hydroxylation is 2. The van der Waals surface area contributed by atoms with E-state index in [1.54, 1.807) is 35.1 Å². The summed E-state index contributed by atoms with van der Waals surface area (Å²) in [5.41, 5.74) is 5.14. The molecule has 2 rings (SSSR count). The maximum absolute atomic E-state index is 11.9. The Kier molecular flexibility index (Phi) is 12.4. The highest BCUT2D eigenvalue weighted by Crippen LogP contribution is 2.27. The fraction of sp³-hybridized carbons (Fsp3) is 0.455. The van der Waals surface area contributed by atoms with Crippen molar-refractivity contribution in [1.29, 1.82) is 0 Å². The Labute approximate surface area is 214 Å². The number of amides is 2.